The molecule has 0 heterocycles. The summed E-state index contributed by atoms with van der Waals surface area (Å²) in [6.07, 6.45) is 0.0510. The van der Waals surface area contributed by atoms with E-state index in [-0.39, 0.29) is 13.2 Å². The van der Waals surface area contributed by atoms with Gasteiger partial charge in [-0.1, -0.05) is 6.92 Å². The van der Waals surface area contributed by atoms with E-state index >= 15 is 0 Å². The lowest BCUT2D eigenvalue weighted by molar-refractivity contribution is 0.0588. The summed E-state index contributed by atoms with van der Waals surface area (Å²) in [4.78, 5) is 2.00. The average Bonchev–Trinajstić information content (AvgIpc) is 2.11. The average molecular weight is 177 g/mol. The second kappa shape index (κ2) is 7.49. The topological polar surface area (TPSA) is 63.9 Å². The number of hydrogen-bond donors (Lipinski definition) is 3. The third-order valence-corrected chi connectivity index (χ3v) is 1.76. The van der Waals surface area contributed by atoms with Gasteiger partial charge < -0.3 is 20.2 Å². The molecule has 1 atom stereocenters. The molecule has 0 aromatic rings. The minimum Gasteiger partial charge on any atom is -0.396 e. The molecule has 0 aromatic heterocycles. The Bertz CT molecular complexity index is 100. The van der Waals surface area contributed by atoms with Crippen LogP contribution in [0.25, 0.3) is 0 Å². The second-order valence-electron chi connectivity index (χ2n) is 2.81. The molecule has 0 amide bonds. The molecule has 0 saturated carbocycles. The molecule has 0 aliphatic rings. The van der Waals surface area contributed by atoms with E-state index in [4.69, 9.17) is 15.3 Å². The van der Waals surface area contributed by atoms with Crippen molar-refractivity contribution < 1.29 is 15.3 Å². The van der Waals surface area contributed by atoms with Crippen LogP contribution in [0.1, 0.15) is 13.3 Å². The fourth-order valence-electron chi connectivity index (χ4n) is 1.03. The lowest BCUT2D eigenvalue weighted by Gasteiger charge is -2.21. The van der Waals surface area contributed by atoms with Gasteiger partial charge in [-0.3, -0.25) is 0 Å². The molecule has 4 nitrogen and oxygen atoms in total. The van der Waals surface area contributed by atoms with E-state index in [0.29, 0.717) is 13.0 Å². The Kier molecular flexibility index (Phi) is 7.39. The number of aliphatic hydroxyl groups is 3. The van der Waals surface area contributed by atoms with E-state index in [1.807, 2.05) is 11.8 Å². The van der Waals surface area contributed by atoms with Crippen LogP contribution < -0.4 is 0 Å². The summed E-state index contributed by atoms with van der Waals surface area (Å²) in [5.74, 6) is 0. The maximum Gasteiger partial charge on any atom is 0.0897 e. The molecule has 0 spiro atoms. The maximum atomic E-state index is 9.10. The molecule has 3 N–H and O–H groups in total. The van der Waals surface area contributed by atoms with Crippen molar-refractivity contribution in [1.82, 2.24) is 4.90 Å². The van der Waals surface area contributed by atoms with E-state index in [1.54, 1.807) is 0 Å². The van der Waals surface area contributed by atoms with Crippen LogP contribution in [-0.2, 0) is 0 Å². The lowest BCUT2D eigenvalue weighted by Crippen LogP contribution is -2.35. The first-order valence-electron chi connectivity index (χ1n) is 4.36. The third-order valence-electron chi connectivity index (χ3n) is 1.76. The predicted octanol–water partition coefficient (Wildman–Crippen LogP) is -0.956. The first-order chi connectivity index (χ1) is 5.74. The van der Waals surface area contributed by atoms with Gasteiger partial charge in [0, 0.05) is 19.7 Å². The van der Waals surface area contributed by atoms with Crippen LogP contribution in [0.5, 0.6) is 0 Å². The molecular formula is C8H19NO3. The summed E-state index contributed by atoms with van der Waals surface area (Å²) in [5.41, 5.74) is 0. The molecule has 4 heteroatoms. The Morgan fingerprint density at radius 1 is 1.33 bits per heavy atom. The van der Waals surface area contributed by atoms with Crippen molar-refractivity contribution in [3.8, 4) is 0 Å². The molecule has 0 aromatic carbocycles. The molecule has 0 radical (unpaired) electrons. The summed E-state index contributed by atoms with van der Waals surface area (Å²) >= 11 is 0. The van der Waals surface area contributed by atoms with Crippen LogP contribution in [0.3, 0.4) is 0 Å². The van der Waals surface area contributed by atoms with E-state index in [1.165, 1.54) is 0 Å². The highest BCUT2D eigenvalue weighted by atomic mass is 16.3. The number of rotatable bonds is 7. The van der Waals surface area contributed by atoms with Crippen LogP contribution in [-0.4, -0.2) is 59.2 Å². The first-order valence-corrected chi connectivity index (χ1v) is 4.36. The van der Waals surface area contributed by atoms with Gasteiger partial charge in [0.25, 0.3) is 0 Å². The van der Waals surface area contributed by atoms with Crippen LogP contribution >= 0.6 is 0 Å². The Morgan fingerprint density at radius 3 is 2.42 bits per heavy atom. The van der Waals surface area contributed by atoms with Crippen molar-refractivity contribution in [2.75, 3.05) is 32.8 Å². The second-order valence-corrected chi connectivity index (χ2v) is 2.81. The van der Waals surface area contributed by atoms with Gasteiger partial charge >= 0.3 is 0 Å². The normalized spacial score (nSPS) is 13.8. The van der Waals surface area contributed by atoms with E-state index < -0.39 is 6.10 Å². The van der Waals surface area contributed by atoms with Crippen molar-refractivity contribution in [3.63, 3.8) is 0 Å². The van der Waals surface area contributed by atoms with Gasteiger partial charge in [0.2, 0.25) is 0 Å². The van der Waals surface area contributed by atoms with Gasteiger partial charge in [-0.2, -0.15) is 0 Å². The highest BCUT2D eigenvalue weighted by Crippen LogP contribution is 1.93. The van der Waals surface area contributed by atoms with Crippen LogP contribution in [0.2, 0.25) is 0 Å². The fraction of sp³-hybridized carbons (Fsp3) is 1.00. The molecule has 0 aliphatic heterocycles. The third kappa shape index (κ3) is 5.49. The molecular weight excluding hydrogens is 158 g/mol. The zero-order valence-electron chi connectivity index (χ0n) is 7.61. The van der Waals surface area contributed by atoms with Crippen molar-refractivity contribution in [2.24, 2.45) is 0 Å². The highest BCUT2D eigenvalue weighted by molar-refractivity contribution is 4.61. The predicted molar refractivity (Wildman–Crippen MR) is 46.9 cm³/mol. The van der Waals surface area contributed by atoms with Crippen molar-refractivity contribution in [2.45, 2.75) is 19.4 Å². The van der Waals surface area contributed by atoms with Crippen LogP contribution in [0.15, 0.2) is 0 Å². The van der Waals surface area contributed by atoms with Gasteiger partial charge in [0.1, 0.15) is 0 Å². The molecule has 0 fully saturated rings. The summed E-state index contributed by atoms with van der Waals surface area (Å²) < 4.78 is 0. The van der Waals surface area contributed by atoms with Crippen LogP contribution in [0.4, 0.5) is 0 Å². The fourth-order valence-corrected chi connectivity index (χ4v) is 1.03. The SMILES string of the molecule is CCN(CCCO)CC(O)CO. The van der Waals surface area contributed by atoms with Gasteiger partial charge in [0.05, 0.1) is 12.7 Å². The number of hydrogen-bond acceptors (Lipinski definition) is 4. The standard InChI is InChI=1S/C8H19NO3/c1-2-9(4-3-5-10)6-8(12)7-11/h8,10-12H,2-7H2,1H3. The molecule has 0 rings (SSSR count). The first kappa shape index (κ1) is 11.8. The van der Waals surface area contributed by atoms with Gasteiger partial charge in [-0.25, -0.2) is 0 Å². The number of nitrogens with zero attached hydrogens (tertiary/aromatic N) is 1. The number of likely N-dealkylation sites (N-methyl/N-ethyl adjacent to an activating group) is 1. The Labute approximate surface area is 73.4 Å². The van der Waals surface area contributed by atoms with E-state index in [2.05, 4.69) is 0 Å². The quantitative estimate of drug-likeness (QED) is 0.469. The smallest absolute Gasteiger partial charge is 0.0897 e. The Hall–Kier alpha value is -0.160. The molecule has 12 heavy (non-hydrogen) atoms. The Morgan fingerprint density at radius 2 is 2.00 bits per heavy atom. The van der Waals surface area contributed by atoms with E-state index in [9.17, 15) is 0 Å². The summed E-state index contributed by atoms with van der Waals surface area (Å²) in [7, 11) is 0. The van der Waals surface area contributed by atoms with E-state index in [0.717, 1.165) is 13.1 Å². The molecule has 0 saturated heterocycles. The number of aliphatic hydroxyl groups excluding tert-OH is 3. The van der Waals surface area contributed by atoms with Gasteiger partial charge in [-0.05, 0) is 13.0 Å². The monoisotopic (exact) mass is 177 g/mol. The summed E-state index contributed by atoms with van der Waals surface area (Å²) in [5, 5.41) is 26.2. The summed E-state index contributed by atoms with van der Waals surface area (Å²) in [6.45, 7) is 4.04. The molecule has 1 unspecified atom stereocenters. The largest absolute Gasteiger partial charge is 0.396 e. The minimum atomic E-state index is -0.663. The Balaban J connectivity index is 3.51. The highest BCUT2D eigenvalue weighted by Gasteiger charge is 2.07. The molecule has 0 aliphatic carbocycles. The zero-order valence-corrected chi connectivity index (χ0v) is 7.61. The molecule has 0 bridgehead atoms. The van der Waals surface area contributed by atoms with Crippen molar-refractivity contribution in [1.29, 1.82) is 0 Å². The van der Waals surface area contributed by atoms with Gasteiger partial charge in [0.15, 0.2) is 0 Å². The van der Waals surface area contributed by atoms with Crippen LogP contribution in [0, 0.1) is 0 Å². The van der Waals surface area contributed by atoms with Crippen molar-refractivity contribution >= 4 is 0 Å². The minimum absolute atomic E-state index is 0.172. The van der Waals surface area contributed by atoms with Gasteiger partial charge in [-0.15, -0.1) is 0 Å². The maximum absolute atomic E-state index is 9.10. The molecule has 74 valence electrons. The van der Waals surface area contributed by atoms with Crippen molar-refractivity contribution in [3.05, 3.63) is 0 Å². The summed E-state index contributed by atoms with van der Waals surface area (Å²) in [6, 6.07) is 0. The lowest BCUT2D eigenvalue weighted by atomic mass is 10.3. The zero-order chi connectivity index (χ0) is 9.40.